The van der Waals surface area contributed by atoms with Crippen LogP contribution in [0.1, 0.15) is 77.5 Å². The fraction of sp³-hybridized carbons (Fsp3) is 0.571. The summed E-state index contributed by atoms with van der Waals surface area (Å²) < 4.78 is 14.7. The molecular formula is C21H29FN2. The first-order chi connectivity index (χ1) is 11.3. The number of nitrogens with one attached hydrogen (secondary N) is 1. The van der Waals surface area contributed by atoms with Crippen molar-refractivity contribution in [1.82, 2.24) is 4.98 Å². The molecule has 24 heavy (non-hydrogen) atoms. The topological polar surface area (TPSA) is 24.9 Å². The molecule has 1 aliphatic rings. The molecule has 0 saturated heterocycles. The molecule has 0 amide bonds. The number of anilines is 1. The van der Waals surface area contributed by atoms with Crippen LogP contribution in [0, 0.1) is 5.82 Å². The molecule has 0 atom stereocenters. The molecule has 2 aromatic rings. The predicted molar refractivity (Wildman–Crippen MR) is 100 cm³/mol. The van der Waals surface area contributed by atoms with E-state index < -0.39 is 0 Å². The van der Waals surface area contributed by atoms with Crippen LogP contribution in [-0.4, -0.2) is 11.0 Å². The Bertz CT molecular complexity index is 738. The van der Waals surface area contributed by atoms with E-state index in [1.54, 1.807) is 6.07 Å². The summed E-state index contributed by atoms with van der Waals surface area (Å²) in [6.45, 7) is 10.8. The molecule has 1 fully saturated rings. The molecule has 1 aliphatic carbocycles. The van der Waals surface area contributed by atoms with Crippen molar-refractivity contribution >= 4 is 16.6 Å². The van der Waals surface area contributed by atoms with Crippen molar-refractivity contribution in [3.63, 3.8) is 0 Å². The van der Waals surface area contributed by atoms with E-state index in [2.05, 4.69) is 46.0 Å². The summed E-state index contributed by atoms with van der Waals surface area (Å²) >= 11 is 0. The highest BCUT2D eigenvalue weighted by Crippen LogP contribution is 2.34. The summed E-state index contributed by atoms with van der Waals surface area (Å²) in [4.78, 5) is 4.82. The highest BCUT2D eigenvalue weighted by Gasteiger charge is 2.22. The molecule has 3 rings (SSSR count). The second kappa shape index (κ2) is 6.34. The maximum absolute atomic E-state index is 14.7. The molecule has 1 N–H and O–H groups in total. The van der Waals surface area contributed by atoms with Crippen molar-refractivity contribution < 1.29 is 4.39 Å². The van der Waals surface area contributed by atoms with Crippen molar-refractivity contribution in [2.75, 3.05) is 5.32 Å². The fourth-order valence-corrected chi connectivity index (χ4v) is 3.58. The minimum Gasteiger partial charge on any atom is -0.380 e. The quantitative estimate of drug-likeness (QED) is 0.731. The van der Waals surface area contributed by atoms with Gasteiger partial charge in [0.15, 0.2) is 0 Å². The third-order valence-electron chi connectivity index (χ3n) is 5.03. The van der Waals surface area contributed by atoms with Gasteiger partial charge in [-0.15, -0.1) is 0 Å². The third-order valence-corrected chi connectivity index (χ3v) is 5.03. The summed E-state index contributed by atoms with van der Waals surface area (Å²) in [5.74, 6) is 0.186. The average molecular weight is 328 g/mol. The van der Waals surface area contributed by atoms with E-state index in [1.807, 2.05) is 6.07 Å². The van der Waals surface area contributed by atoms with Crippen LogP contribution in [0.2, 0.25) is 0 Å². The van der Waals surface area contributed by atoms with Crippen molar-refractivity contribution in [2.45, 2.75) is 77.7 Å². The van der Waals surface area contributed by atoms with Crippen LogP contribution in [0.3, 0.4) is 0 Å². The lowest BCUT2D eigenvalue weighted by molar-refractivity contribution is 0.591. The number of halogens is 1. The molecule has 0 bridgehead atoms. The number of rotatable bonds is 3. The van der Waals surface area contributed by atoms with Gasteiger partial charge >= 0.3 is 0 Å². The van der Waals surface area contributed by atoms with E-state index in [-0.39, 0.29) is 11.2 Å². The highest BCUT2D eigenvalue weighted by molar-refractivity contribution is 5.87. The van der Waals surface area contributed by atoms with Crippen molar-refractivity contribution in [2.24, 2.45) is 0 Å². The van der Waals surface area contributed by atoms with E-state index in [9.17, 15) is 4.39 Å². The summed E-state index contributed by atoms with van der Waals surface area (Å²) in [5, 5.41) is 4.32. The van der Waals surface area contributed by atoms with Crippen LogP contribution >= 0.6 is 0 Å². The van der Waals surface area contributed by atoms with E-state index in [0.717, 1.165) is 29.4 Å². The first-order valence-corrected chi connectivity index (χ1v) is 9.17. The van der Waals surface area contributed by atoms with Crippen LogP contribution in [0.15, 0.2) is 18.2 Å². The molecule has 3 heteroatoms. The zero-order chi connectivity index (χ0) is 17.5. The van der Waals surface area contributed by atoms with Crippen LogP contribution in [0.5, 0.6) is 0 Å². The molecule has 0 spiro atoms. The summed E-state index contributed by atoms with van der Waals surface area (Å²) in [5.41, 5.74) is 3.70. The molecule has 2 nitrogen and oxygen atoms in total. The van der Waals surface area contributed by atoms with Gasteiger partial charge in [-0.2, -0.15) is 0 Å². The monoisotopic (exact) mass is 328 g/mol. The van der Waals surface area contributed by atoms with E-state index in [1.165, 1.54) is 18.4 Å². The van der Waals surface area contributed by atoms with Crippen LogP contribution in [0.25, 0.3) is 10.9 Å². The first-order valence-electron chi connectivity index (χ1n) is 9.17. The zero-order valence-electron chi connectivity index (χ0n) is 15.5. The van der Waals surface area contributed by atoms with Crippen LogP contribution in [-0.2, 0) is 5.41 Å². The lowest BCUT2D eigenvalue weighted by Gasteiger charge is -2.24. The lowest BCUT2D eigenvalue weighted by atomic mass is 9.83. The Labute approximate surface area is 144 Å². The van der Waals surface area contributed by atoms with Gasteiger partial charge in [-0.25, -0.2) is 4.39 Å². The molecule has 1 aromatic heterocycles. The first kappa shape index (κ1) is 17.2. The largest absolute Gasteiger partial charge is 0.380 e. The predicted octanol–water partition coefficient (Wildman–Crippen LogP) is 6.15. The summed E-state index contributed by atoms with van der Waals surface area (Å²) in [6.07, 6.45) is 4.72. The van der Waals surface area contributed by atoms with Crippen LogP contribution in [0.4, 0.5) is 10.1 Å². The molecule has 0 unspecified atom stereocenters. The lowest BCUT2D eigenvalue weighted by Crippen LogP contribution is -2.16. The standard InChI is InChI=1S/C21H29FN2/c1-13(2)18-11-16(21(3,4)5)15-10-17(22)20(12-19(15)24-18)23-14-8-6-7-9-14/h10-14,23H,6-9H2,1-5H3. The average Bonchev–Trinajstić information content (AvgIpc) is 2.99. The van der Waals surface area contributed by atoms with Gasteiger partial charge in [-0.3, -0.25) is 4.98 Å². The summed E-state index contributed by atoms with van der Waals surface area (Å²) in [6, 6.07) is 6.12. The molecule has 0 aliphatic heterocycles. The normalized spacial score (nSPS) is 16.3. The van der Waals surface area contributed by atoms with E-state index >= 15 is 0 Å². The molecular weight excluding hydrogens is 299 g/mol. The second-order valence-electron chi connectivity index (χ2n) is 8.47. The zero-order valence-corrected chi connectivity index (χ0v) is 15.5. The number of hydrogen-bond acceptors (Lipinski definition) is 2. The number of pyridine rings is 1. The smallest absolute Gasteiger partial charge is 0.147 e. The molecule has 1 heterocycles. The Morgan fingerprint density at radius 3 is 2.38 bits per heavy atom. The number of hydrogen-bond donors (Lipinski definition) is 1. The number of aromatic nitrogens is 1. The van der Waals surface area contributed by atoms with Crippen molar-refractivity contribution in [3.8, 4) is 0 Å². The summed E-state index contributed by atoms with van der Waals surface area (Å²) in [7, 11) is 0. The Kier molecular flexibility index (Phi) is 4.54. The van der Waals surface area contributed by atoms with Gasteiger partial charge in [-0.05, 0) is 47.9 Å². The SMILES string of the molecule is CC(C)c1cc(C(C)(C)C)c2cc(F)c(NC3CCCC3)cc2n1. The molecule has 0 radical (unpaired) electrons. The maximum Gasteiger partial charge on any atom is 0.147 e. The van der Waals surface area contributed by atoms with E-state index in [4.69, 9.17) is 4.98 Å². The van der Waals surface area contributed by atoms with Gasteiger partial charge in [0.2, 0.25) is 0 Å². The van der Waals surface area contributed by atoms with Gasteiger partial charge in [0.1, 0.15) is 5.82 Å². The Hall–Kier alpha value is -1.64. The van der Waals surface area contributed by atoms with Gasteiger partial charge < -0.3 is 5.32 Å². The maximum atomic E-state index is 14.7. The van der Waals surface area contributed by atoms with E-state index in [0.29, 0.717) is 17.6 Å². The second-order valence-corrected chi connectivity index (χ2v) is 8.47. The van der Waals surface area contributed by atoms with Gasteiger partial charge in [0.25, 0.3) is 0 Å². The molecule has 1 saturated carbocycles. The Balaban J connectivity index is 2.13. The minimum atomic E-state index is -0.168. The molecule has 130 valence electrons. The molecule has 1 aromatic carbocycles. The van der Waals surface area contributed by atoms with Crippen molar-refractivity contribution in [3.05, 3.63) is 35.3 Å². The third kappa shape index (κ3) is 3.40. The number of fused-ring (bicyclic) bond motifs is 1. The highest BCUT2D eigenvalue weighted by atomic mass is 19.1. The Morgan fingerprint density at radius 2 is 1.79 bits per heavy atom. The van der Waals surface area contributed by atoms with Crippen LogP contribution < -0.4 is 5.32 Å². The fourth-order valence-electron chi connectivity index (χ4n) is 3.58. The van der Waals surface area contributed by atoms with Gasteiger partial charge in [-0.1, -0.05) is 47.5 Å². The number of nitrogens with zero attached hydrogens (tertiary/aromatic N) is 1. The Morgan fingerprint density at radius 1 is 1.12 bits per heavy atom. The van der Waals surface area contributed by atoms with Gasteiger partial charge in [0, 0.05) is 17.1 Å². The number of benzene rings is 1. The minimum absolute atomic E-state index is 0.0440. The van der Waals surface area contributed by atoms with Gasteiger partial charge in [0.05, 0.1) is 11.2 Å². The van der Waals surface area contributed by atoms with Crippen molar-refractivity contribution in [1.29, 1.82) is 0 Å².